The molecule has 0 amide bonds. The molecular weight excluding hydrogens is 190 g/mol. The number of nitrogens with zero attached hydrogens (tertiary/aromatic N) is 1. The fourth-order valence-electron chi connectivity index (χ4n) is 3.33. The van der Waals surface area contributed by atoms with Crippen molar-refractivity contribution >= 4 is 5.71 Å². The van der Waals surface area contributed by atoms with Crippen LogP contribution in [-0.4, -0.2) is 24.5 Å². The summed E-state index contributed by atoms with van der Waals surface area (Å²) in [7, 11) is 1.61. The predicted octanol–water partition coefficient (Wildman–Crippen LogP) is 2.05. The zero-order valence-corrected chi connectivity index (χ0v) is 9.86. The van der Waals surface area contributed by atoms with Gasteiger partial charge in [0, 0.05) is 18.4 Å². The summed E-state index contributed by atoms with van der Waals surface area (Å²) in [5, 5.41) is 13.2. The number of rotatable bonds is 3. The summed E-state index contributed by atoms with van der Waals surface area (Å²) in [6.45, 7) is 4.91. The van der Waals surface area contributed by atoms with E-state index < -0.39 is 0 Å². The second-order valence-corrected chi connectivity index (χ2v) is 5.45. The van der Waals surface area contributed by atoms with E-state index in [0.717, 1.165) is 12.3 Å². The van der Waals surface area contributed by atoms with E-state index in [0.29, 0.717) is 17.3 Å². The van der Waals surface area contributed by atoms with Crippen molar-refractivity contribution in [3.05, 3.63) is 0 Å². The molecule has 0 aromatic heterocycles. The molecule has 3 fully saturated rings. The Bertz CT molecular complexity index is 273. The van der Waals surface area contributed by atoms with Crippen molar-refractivity contribution in [2.45, 2.75) is 33.1 Å². The van der Waals surface area contributed by atoms with Gasteiger partial charge in [-0.15, -0.1) is 0 Å². The van der Waals surface area contributed by atoms with Crippen LogP contribution in [0.15, 0.2) is 5.16 Å². The van der Waals surface area contributed by atoms with Gasteiger partial charge < -0.3 is 9.94 Å². The molecule has 3 aliphatic rings. The highest BCUT2D eigenvalue weighted by Gasteiger charge is 2.56. The summed E-state index contributed by atoms with van der Waals surface area (Å²) < 4.78 is 0. The molecular formula is C12H21NO2. The maximum absolute atomic E-state index is 9.04. The van der Waals surface area contributed by atoms with Crippen LogP contribution in [0.3, 0.4) is 0 Å². The molecule has 0 saturated heterocycles. The first-order valence-corrected chi connectivity index (χ1v) is 5.83. The highest BCUT2D eigenvalue weighted by molar-refractivity contribution is 5.91. The quantitative estimate of drug-likeness (QED) is 0.726. The van der Waals surface area contributed by atoms with Gasteiger partial charge in [-0.25, -0.2) is 0 Å². The van der Waals surface area contributed by atoms with Gasteiger partial charge in [-0.05, 0) is 30.6 Å². The van der Waals surface area contributed by atoms with Gasteiger partial charge in [0.25, 0.3) is 0 Å². The third-order valence-electron chi connectivity index (χ3n) is 4.49. The van der Waals surface area contributed by atoms with Crippen LogP contribution in [0.5, 0.6) is 0 Å². The lowest BCUT2D eigenvalue weighted by atomic mass is 9.46. The highest BCUT2D eigenvalue weighted by Crippen LogP contribution is 2.59. The van der Waals surface area contributed by atoms with Crippen LogP contribution in [0.2, 0.25) is 0 Å². The highest BCUT2D eigenvalue weighted by atomic mass is 16.6. The molecule has 1 N–H and O–H groups in total. The van der Waals surface area contributed by atoms with Gasteiger partial charge in [0.15, 0.2) is 0 Å². The number of hydrogen-bond donors (Lipinski definition) is 1. The monoisotopic (exact) mass is 211 g/mol. The minimum atomic E-state index is 0.257. The lowest BCUT2D eigenvalue weighted by Gasteiger charge is -2.58. The third-order valence-corrected chi connectivity index (χ3v) is 4.49. The lowest BCUT2D eigenvalue weighted by Crippen LogP contribution is -2.56. The van der Waals surface area contributed by atoms with Crippen molar-refractivity contribution in [3.8, 4) is 0 Å². The Balaban J connectivity index is 2.16. The molecule has 15 heavy (non-hydrogen) atoms. The van der Waals surface area contributed by atoms with Crippen molar-refractivity contribution in [3.63, 3.8) is 0 Å². The first kappa shape index (κ1) is 10.9. The Kier molecular flexibility index (Phi) is 2.75. The van der Waals surface area contributed by atoms with E-state index in [4.69, 9.17) is 9.94 Å². The number of oxime groups is 1. The van der Waals surface area contributed by atoms with Crippen LogP contribution in [0.4, 0.5) is 0 Å². The molecule has 0 aromatic rings. The zero-order chi connectivity index (χ0) is 11.1. The van der Waals surface area contributed by atoms with E-state index in [2.05, 4.69) is 19.0 Å². The average molecular weight is 211 g/mol. The molecule has 0 unspecified atom stereocenters. The number of fused-ring (bicyclic) bond motifs is 2. The molecule has 2 bridgehead atoms. The fraction of sp³-hybridized carbons (Fsp3) is 0.917. The predicted molar refractivity (Wildman–Crippen MR) is 59.6 cm³/mol. The molecule has 0 heterocycles. The summed E-state index contributed by atoms with van der Waals surface area (Å²) in [5.74, 6) is 1.84. The molecule has 86 valence electrons. The van der Waals surface area contributed by atoms with Crippen LogP contribution < -0.4 is 0 Å². The topological polar surface area (TPSA) is 41.8 Å². The van der Waals surface area contributed by atoms with Crippen molar-refractivity contribution in [1.82, 2.24) is 0 Å². The fourth-order valence-corrected chi connectivity index (χ4v) is 3.33. The summed E-state index contributed by atoms with van der Waals surface area (Å²) in [6.07, 6.45) is 3.27. The number of hydrogen-bond acceptors (Lipinski definition) is 3. The maximum Gasteiger partial charge on any atom is 0.106 e. The number of aliphatic hydroxyl groups excluding tert-OH is 1. The smallest absolute Gasteiger partial charge is 0.106 e. The molecule has 0 aliphatic heterocycles. The molecule has 3 saturated carbocycles. The van der Waals surface area contributed by atoms with E-state index in [9.17, 15) is 0 Å². The van der Waals surface area contributed by atoms with E-state index in [1.54, 1.807) is 7.11 Å². The Morgan fingerprint density at radius 2 is 2.20 bits per heavy atom. The van der Waals surface area contributed by atoms with Crippen LogP contribution in [0, 0.1) is 23.2 Å². The molecule has 3 aliphatic carbocycles. The first-order valence-electron chi connectivity index (χ1n) is 5.83. The lowest BCUT2D eigenvalue weighted by molar-refractivity contribution is -0.0200. The SMILES string of the molecule is CON=C1[C@@H](CCO)C[C@H]2C[C@@H]1C2(C)C. The van der Waals surface area contributed by atoms with E-state index in [-0.39, 0.29) is 6.61 Å². The van der Waals surface area contributed by atoms with Gasteiger partial charge in [0.05, 0.1) is 5.71 Å². The van der Waals surface area contributed by atoms with E-state index in [1.165, 1.54) is 18.6 Å². The second-order valence-electron chi connectivity index (χ2n) is 5.45. The molecule has 0 radical (unpaired) electrons. The molecule has 0 spiro atoms. The summed E-state index contributed by atoms with van der Waals surface area (Å²) in [5.41, 5.74) is 1.59. The van der Waals surface area contributed by atoms with Gasteiger partial charge >= 0.3 is 0 Å². The van der Waals surface area contributed by atoms with Gasteiger partial charge in [-0.3, -0.25) is 0 Å². The van der Waals surface area contributed by atoms with E-state index >= 15 is 0 Å². The maximum atomic E-state index is 9.04. The molecule has 3 atom stereocenters. The second kappa shape index (κ2) is 3.78. The summed E-state index contributed by atoms with van der Waals surface area (Å²) >= 11 is 0. The largest absolute Gasteiger partial charge is 0.399 e. The Hall–Kier alpha value is -0.570. The van der Waals surface area contributed by atoms with Crippen LogP contribution in [0.25, 0.3) is 0 Å². The molecule has 3 nitrogen and oxygen atoms in total. The summed E-state index contributed by atoms with van der Waals surface area (Å²) in [6, 6.07) is 0. The number of aliphatic hydroxyl groups is 1. The molecule has 3 heteroatoms. The van der Waals surface area contributed by atoms with Crippen molar-refractivity contribution in [2.75, 3.05) is 13.7 Å². The van der Waals surface area contributed by atoms with Crippen LogP contribution >= 0.6 is 0 Å². The van der Waals surface area contributed by atoms with Gasteiger partial charge in [0.2, 0.25) is 0 Å². The standard InChI is InChI=1S/C12H21NO2/c1-12(2)9-6-8(4-5-14)11(13-15-3)10(12)7-9/h8-10,14H,4-7H2,1-3H3/t8-,9-,10-/m0/s1. The zero-order valence-electron chi connectivity index (χ0n) is 9.86. The average Bonchev–Trinajstić information content (AvgIpc) is 2.20. The molecule has 0 aromatic carbocycles. The minimum absolute atomic E-state index is 0.257. The van der Waals surface area contributed by atoms with Crippen molar-refractivity contribution in [2.24, 2.45) is 28.3 Å². The van der Waals surface area contributed by atoms with Gasteiger partial charge in [-0.1, -0.05) is 19.0 Å². The van der Waals surface area contributed by atoms with Crippen molar-refractivity contribution in [1.29, 1.82) is 0 Å². The Morgan fingerprint density at radius 1 is 1.47 bits per heavy atom. The van der Waals surface area contributed by atoms with Crippen LogP contribution in [0.1, 0.15) is 33.1 Å². The first-order chi connectivity index (χ1) is 7.11. The molecule has 3 rings (SSSR count). The third kappa shape index (κ3) is 1.57. The van der Waals surface area contributed by atoms with Gasteiger partial charge in [0.1, 0.15) is 7.11 Å². The Morgan fingerprint density at radius 3 is 2.73 bits per heavy atom. The van der Waals surface area contributed by atoms with Crippen LogP contribution in [-0.2, 0) is 4.84 Å². The minimum Gasteiger partial charge on any atom is -0.399 e. The Labute approximate surface area is 91.5 Å². The van der Waals surface area contributed by atoms with Crippen molar-refractivity contribution < 1.29 is 9.94 Å². The normalized spacial score (nSPS) is 40.0. The van der Waals surface area contributed by atoms with E-state index in [1.807, 2.05) is 0 Å². The summed E-state index contributed by atoms with van der Waals surface area (Å²) in [4.78, 5) is 4.95. The van der Waals surface area contributed by atoms with Gasteiger partial charge in [-0.2, -0.15) is 0 Å².